The summed E-state index contributed by atoms with van der Waals surface area (Å²) in [4.78, 5) is 17.6. The predicted molar refractivity (Wildman–Crippen MR) is 104 cm³/mol. The average Bonchev–Trinajstić information content (AvgIpc) is 2.57. The molecule has 2 aromatic rings. The van der Waals surface area contributed by atoms with Gasteiger partial charge in [0.15, 0.2) is 5.96 Å². The lowest BCUT2D eigenvalue weighted by molar-refractivity contribution is -0.114. The number of carbonyl (C=O) groups is 1. The van der Waals surface area contributed by atoms with Crippen LogP contribution < -0.4 is 10.6 Å². The molecule has 2 rings (SSSR count). The van der Waals surface area contributed by atoms with Crippen molar-refractivity contribution >= 4 is 17.6 Å². The van der Waals surface area contributed by atoms with Crippen LogP contribution in [0.15, 0.2) is 53.5 Å². The van der Waals surface area contributed by atoms with E-state index in [0.29, 0.717) is 6.54 Å². The molecular weight excluding hydrogens is 312 g/mol. The number of hydrogen-bond donors (Lipinski definition) is 2. The lowest BCUT2D eigenvalue weighted by Crippen LogP contribution is -2.38. The summed E-state index contributed by atoms with van der Waals surface area (Å²) in [5.41, 5.74) is 4.43. The number of amides is 1. The van der Waals surface area contributed by atoms with Gasteiger partial charge in [-0.1, -0.05) is 36.4 Å². The van der Waals surface area contributed by atoms with Crippen molar-refractivity contribution in [2.45, 2.75) is 26.9 Å². The number of aryl methyl sites for hydroxylation is 1. The van der Waals surface area contributed by atoms with Gasteiger partial charge in [0.05, 0.1) is 0 Å². The molecule has 0 fully saturated rings. The summed E-state index contributed by atoms with van der Waals surface area (Å²) in [6.45, 7) is 5.05. The van der Waals surface area contributed by atoms with Crippen molar-refractivity contribution in [3.63, 3.8) is 0 Å². The molecule has 5 heteroatoms. The lowest BCUT2D eigenvalue weighted by Gasteiger charge is -2.23. The number of hydrogen-bond acceptors (Lipinski definition) is 2. The standard InChI is InChI=1S/C20H26N4O/c1-15-8-5-6-10-18(15)14-24(4)20(21-3)22-13-17-9-7-11-19(12-17)23-16(2)25/h5-12H,13-14H2,1-4H3,(H,21,22)(H,23,25). The van der Waals surface area contributed by atoms with E-state index in [4.69, 9.17) is 0 Å². The minimum atomic E-state index is -0.0705. The van der Waals surface area contributed by atoms with Gasteiger partial charge >= 0.3 is 0 Å². The molecule has 25 heavy (non-hydrogen) atoms. The molecule has 0 saturated heterocycles. The Kier molecular flexibility index (Phi) is 6.57. The highest BCUT2D eigenvalue weighted by molar-refractivity contribution is 5.88. The van der Waals surface area contributed by atoms with Gasteiger partial charge in [-0.2, -0.15) is 0 Å². The largest absolute Gasteiger partial charge is 0.352 e. The number of guanidine groups is 1. The topological polar surface area (TPSA) is 56.7 Å². The van der Waals surface area contributed by atoms with Gasteiger partial charge in [0.2, 0.25) is 5.91 Å². The van der Waals surface area contributed by atoms with Crippen LogP contribution in [0.4, 0.5) is 5.69 Å². The number of anilines is 1. The van der Waals surface area contributed by atoms with E-state index in [1.165, 1.54) is 18.1 Å². The Hall–Kier alpha value is -2.82. The van der Waals surface area contributed by atoms with Crippen LogP contribution in [0.25, 0.3) is 0 Å². The molecule has 0 bridgehead atoms. The average molecular weight is 338 g/mol. The Morgan fingerprint density at radius 3 is 2.60 bits per heavy atom. The van der Waals surface area contributed by atoms with Crippen molar-refractivity contribution in [2.75, 3.05) is 19.4 Å². The Labute approximate surface area is 149 Å². The highest BCUT2D eigenvalue weighted by Gasteiger charge is 2.08. The van der Waals surface area contributed by atoms with Crippen LogP contribution in [0, 0.1) is 6.92 Å². The second kappa shape index (κ2) is 8.87. The number of aliphatic imine (C=N–C) groups is 1. The molecule has 0 aliphatic carbocycles. The molecule has 0 atom stereocenters. The van der Waals surface area contributed by atoms with Gasteiger partial charge in [0, 0.05) is 39.8 Å². The molecule has 0 saturated carbocycles. The van der Waals surface area contributed by atoms with Gasteiger partial charge in [0.1, 0.15) is 0 Å². The molecule has 2 N–H and O–H groups in total. The summed E-state index contributed by atoms with van der Waals surface area (Å²) < 4.78 is 0. The number of benzene rings is 2. The molecule has 1 amide bonds. The predicted octanol–water partition coefficient (Wildman–Crippen LogP) is 3.16. The molecule has 0 aliphatic heterocycles. The quantitative estimate of drug-likeness (QED) is 0.650. The molecule has 132 valence electrons. The molecule has 0 aromatic heterocycles. The Morgan fingerprint density at radius 1 is 1.16 bits per heavy atom. The van der Waals surface area contributed by atoms with Crippen molar-refractivity contribution in [3.8, 4) is 0 Å². The van der Waals surface area contributed by atoms with Crippen LogP contribution in [0.2, 0.25) is 0 Å². The molecular formula is C20H26N4O. The number of nitrogens with zero attached hydrogens (tertiary/aromatic N) is 2. The third kappa shape index (κ3) is 5.64. The summed E-state index contributed by atoms with van der Waals surface area (Å²) in [6, 6.07) is 16.2. The first-order valence-electron chi connectivity index (χ1n) is 8.32. The first kappa shape index (κ1) is 18.5. The maximum Gasteiger partial charge on any atom is 0.221 e. The molecule has 0 aliphatic rings. The zero-order valence-electron chi connectivity index (χ0n) is 15.3. The van der Waals surface area contributed by atoms with Gasteiger partial charge in [-0.3, -0.25) is 9.79 Å². The van der Waals surface area contributed by atoms with E-state index in [1.807, 2.05) is 37.4 Å². The summed E-state index contributed by atoms with van der Waals surface area (Å²) in [7, 11) is 3.81. The monoisotopic (exact) mass is 338 g/mol. The SMILES string of the molecule is CN=C(NCc1cccc(NC(C)=O)c1)N(C)Cc1ccccc1C. The van der Waals surface area contributed by atoms with E-state index in [-0.39, 0.29) is 5.91 Å². The van der Waals surface area contributed by atoms with E-state index >= 15 is 0 Å². The molecule has 0 radical (unpaired) electrons. The van der Waals surface area contributed by atoms with Gasteiger partial charge in [-0.05, 0) is 35.7 Å². The smallest absolute Gasteiger partial charge is 0.221 e. The van der Waals surface area contributed by atoms with Gasteiger partial charge in [-0.25, -0.2) is 0 Å². The number of nitrogens with one attached hydrogen (secondary N) is 2. The third-order valence-corrected chi connectivity index (χ3v) is 3.94. The Morgan fingerprint density at radius 2 is 1.92 bits per heavy atom. The van der Waals surface area contributed by atoms with Crippen molar-refractivity contribution < 1.29 is 4.79 Å². The summed E-state index contributed by atoms with van der Waals surface area (Å²) >= 11 is 0. The van der Waals surface area contributed by atoms with Gasteiger partial charge < -0.3 is 15.5 Å². The van der Waals surface area contributed by atoms with Crippen LogP contribution in [0.1, 0.15) is 23.6 Å². The summed E-state index contributed by atoms with van der Waals surface area (Å²) in [5, 5.41) is 6.17. The first-order chi connectivity index (χ1) is 12.0. The van der Waals surface area contributed by atoms with E-state index in [1.54, 1.807) is 7.05 Å². The van der Waals surface area contributed by atoms with Crippen molar-refractivity contribution in [1.82, 2.24) is 10.2 Å². The molecule has 0 unspecified atom stereocenters. The fourth-order valence-corrected chi connectivity index (χ4v) is 2.65. The van der Waals surface area contributed by atoms with Crippen LogP contribution in [0.3, 0.4) is 0 Å². The zero-order valence-corrected chi connectivity index (χ0v) is 15.3. The van der Waals surface area contributed by atoms with Gasteiger partial charge in [0.25, 0.3) is 0 Å². The van der Waals surface area contributed by atoms with Crippen LogP contribution in [-0.2, 0) is 17.9 Å². The molecule has 5 nitrogen and oxygen atoms in total. The summed E-state index contributed by atoms with van der Waals surface area (Å²) in [5.74, 6) is 0.757. The molecule has 2 aromatic carbocycles. The molecule has 0 spiro atoms. The van der Waals surface area contributed by atoms with E-state index in [0.717, 1.165) is 23.8 Å². The van der Waals surface area contributed by atoms with E-state index in [9.17, 15) is 4.79 Å². The number of carbonyl (C=O) groups excluding carboxylic acids is 1. The Balaban J connectivity index is 1.98. The second-order valence-electron chi connectivity index (χ2n) is 6.06. The van der Waals surface area contributed by atoms with E-state index < -0.39 is 0 Å². The van der Waals surface area contributed by atoms with Gasteiger partial charge in [-0.15, -0.1) is 0 Å². The van der Waals surface area contributed by atoms with Crippen LogP contribution in [-0.4, -0.2) is 30.9 Å². The minimum Gasteiger partial charge on any atom is -0.352 e. The Bertz CT molecular complexity index is 755. The molecule has 0 heterocycles. The second-order valence-corrected chi connectivity index (χ2v) is 6.06. The van der Waals surface area contributed by atoms with Crippen molar-refractivity contribution in [1.29, 1.82) is 0 Å². The fourth-order valence-electron chi connectivity index (χ4n) is 2.65. The maximum atomic E-state index is 11.2. The minimum absolute atomic E-state index is 0.0705. The third-order valence-electron chi connectivity index (χ3n) is 3.94. The fraction of sp³-hybridized carbons (Fsp3) is 0.300. The normalized spacial score (nSPS) is 11.1. The highest BCUT2D eigenvalue weighted by atomic mass is 16.1. The van der Waals surface area contributed by atoms with Crippen LogP contribution >= 0.6 is 0 Å². The summed E-state index contributed by atoms with van der Waals surface area (Å²) in [6.07, 6.45) is 0. The first-order valence-corrected chi connectivity index (χ1v) is 8.32. The van der Waals surface area contributed by atoms with Crippen molar-refractivity contribution in [3.05, 3.63) is 65.2 Å². The maximum absolute atomic E-state index is 11.2. The lowest BCUT2D eigenvalue weighted by atomic mass is 10.1. The van der Waals surface area contributed by atoms with Crippen LogP contribution in [0.5, 0.6) is 0 Å². The van der Waals surface area contributed by atoms with E-state index in [2.05, 4.69) is 45.6 Å². The number of rotatable bonds is 5. The highest BCUT2D eigenvalue weighted by Crippen LogP contribution is 2.12. The van der Waals surface area contributed by atoms with Crippen molar-refractivity contribution in [2.24, 2.45) is 4.99 Å². The zero-order chi connectivity index (χ0) is 18.2.